The van der Waals surface area contributed by atoms with E-state index in [2.05, 4.69) is 5.32 Å². The Morgan fingerprint density at radius 2 is 1.95 bits per heavy atom. The summed E-state index contributed by atoms with van der Waals surface area (Å²) in [6.07, 6.45) is 1.36. The molecule has 0 unspecified atom stereocenters. The molecule has 0 spiro atoms. The second kappa shape index (κ2) is 4.92. The lowest BCUT2D eigenvalue weighted by Gasteiger charge is -2.28. The Kier molecular flexibility index (Phi) is 3.18. The summed E-state index contributed by atoms with van der Waals surface area (Å²) < 4.78 is 30.6. The monoisotopic (exact) mass is 320 g/mol. The first-order chi connectivity index (χ1) is 10.4. The van der Waals surface area contributed by atoms with E-state index in [1.165, 1.54) is 31.5 Å². The van der Waals surface area contributed by atoms with E-state index in [-0.39, 0.29) is 22.0 Å². The second-order valence-corrected chi connectivity index (χ2v) is 6.54. The van der Waals surface area contributed by atoms with Gasteiger partial charge in [0.1, 0.15) is 0 Å². The molecule has 1 amide bonds. The molecule has 0 fully saturated rings. The number of likely N-dealkylation sites (N-methyl/N-ethyl adjacent to an activating group) is 1. The zero-order valence-electron chi connectivity index (χ0n) is 11.5. The first kappa shape index (κ1) is 14.2. The van der Waals surface area contributed by atoms with Gasteiger partial charge in [0.2, 0.25) is 0 Å². The molecule has 1 aromatic carbocycles. The summed E-state index contributed by atoms with van der Waals surface area (Å²) in [7, 11) is -2.70. The molecule has 0 aliphatic carbocycles. The molecular weight excluding hydrogens is 308 g/mol. The number of fused-ring (bicyclic) bond motifs is 1. The van der Waals surface area contributed by atoms with Gasteiger partial charge in [0, 0.05) is 18.7 Å². The fourth-order valence-electron chi connectivity index (χ4n) is 2.20. The topological polar surface area (TPSA) is 99.8 Å². The molecule has 2 heterocycles. The van der Waals surface area contributed by atoms with Crippen LogP contribution in [0, 0.1) is 0 Å². The van der Waals surface area contributed by atoms with Gasteiger partial charge < -0.3 is 9.52 Å². The predicted octanol–water partition coefficient (Wildman–Crippen LogP) is 1.78. The average Bonchev–Trinajstić information content (AvgIpc) is 2.99. The van der Waals surface area contributed by atoms with Gasteiger partial charge in [0.05, 0.1) is 11.2 Å². The third kappa shape index (κ3) is 2.04. The Morgan fingerprint density at radius 1 is 1.23 bits per heavy atom. The van der Waals surface area contributed by atoms with E-state index in [0.717, 1.165) is 4.31 Å². The van der Waals surface area contributed by atoms with E-state index < -0.39 is 21.7 Å². The fraction of sp³-hybridized carbons (Fsp3) is 0.0714. The van der Waals surface area contributed by atoms with Crippen molar-refractivity contribution >= 4 is 27.6 Å². The van der Waals surface area contributed by atoms with E-state index in [9.17, 15) is 18.3 Å². The molecule has 1 aromatic heterocycles. The Balaban J connectivity index is 2.12. The van der Waals surface area contributed by atoms with Crippen LogP contribution in [0.3, 0.4) is 0 Å². The van der Waals surface area contributed by atoms with E-state index in [4.69, 9.17) is 4.42 Å². The van der Waals surface area contributed by atoms with Crippen LogP contribution in [0.1, 0.15) is 5.56 Å². The summed E-state index contributed by atoms with van der Waals surface area (Å²) in [6.45, 7) is 0. The standard InChI is InChI=1S/C14H12N2O5S/c1-16-12(14(18)15-11-7-4-8-21-11)13(17)9-5-2-3-6-10(9)22(16,19)20/h2-8,17H,1H3,(H,15,18). The van der Waals surface area contributed by atoms with Crippen molar-refractivity contribution in [2.75, 3.05) is 12.4 Å². The molecule has 22 heavy (non-hydrogen) atoms. The highest BCUT2D eigenvalue weighted by atomic mass is 32.2. The average molecular weight is 320 g/mol. The van der Waals surface area contributed by atoms with Gasteiger partial charge in [-0.2, -0.15) is 0 Å². The summed E-state index contributed by atoms with van der Waals surface area (Å²) in [5.41, 5.74) is -0.278. The fourth-order valence-corrected chi connectivity index (χ4v) is 3.60. The molecule has 7 nitrogen and oxygen atoms in total. The van der Waals surface area contributed by atoms with Crippen molar-refractivity contribution in [1.29, 1.82) is 0 Å². The number of hydrogen-bond donors (Lipinski definition) is 2. The number of nitrogens with one attached hydrogen (secondary N) is 1. The van der Waals surface area contributed by atoms with Crippen molar-refractivity contribution < 1.29 is 22.7 Å². The molecule has 0 radical (unpaired) electrons. The number of aliphatic hydroxyl groups is 1. The van der Waals surface area contributed by atoms with E-state index >= 15 is 0 Å². The number of benzene rings is 1. The maximum absolute atomic E-state index is 12.4. The van der Waals surface area contributed by atoms with Crippen molar-refractivity contribution in [3.63, 3.8) is 0 Å². The molecule has 114 valence electrons. The lowest BCUT2D eigenvalue weighted by molar-refractivity contribution is -0.113. The highest BCUT2D eigenvalue weighted by Gasteiger charge is 2.37. The van der Waals surface area contributed by atoms with Gasteiger partial charge in [-0.25, -0.2) is 8.42 Å². The number of furan rings is 1. The Morgan fingerprint density at radius 3 is 2.64 bits per heavy atom. The number of amides is 1. The van der Waals surface area contributed by atoms with Crippen molar-refractivity contribution in [1.82, 2.24) is 4.31 Å². The number of anilines is 1. The lowest BCUT2D eigenvalue weighted by Crippen LogP contribution is -2.37. The number of hydrogen-bond acceptors (Lipinski definition) is 5. The van der Waals surface area contributed by atoms with Gasteiger partial charge in [-0.05, 0) is 18.2 Å². The van der Waals surface area contributed by atoms with Crippen LogP contribution < -0.4 is 5.32 Å². The maximum atomic E-state index is 12.4. The van der Waals surface area contributed by atoms with Gasteiger partial charge in [-0.3, -0.25) is 14.4 Å². The number of aliphatic hydroxyl groups excluding tert-OH is 1. The first-order valence-electron chi connectivity index (χ1n) is 6.29. The summed E-state index contributed by atoms with van der Waals surface area (Å²) in [5, 5.41) is 12.7. The Bertz CT molecular complexity index is 868. The third-order valence-corrected chi connectivity index (χ3v) is 5.11. The van der Waals surface area contributed by atoms with Crippen LogP contribution in [0.15, 0.2) is 57.7 Å². The molecule has 0 atom stereocenters. The molecule has 1 aliphatic rings. The molecule has 0 saturated heterocycles. The van der Waals surface area contributed by atoms with Crippen LogP contribution in [0.25, 0.3) is 5.76 Å². The maximum Gasteiger partial charge on any atom is 0.279 e. The van der Waals surface area contributed by atoms with Crippen molar-refractivity contribution in [2.24, 2.45) is 0 Å². The summed E-state index contributed by atoms with van der Waals surface area (Å²) >= 11 is 0. The van der Waals surface area contributed by atoms with Gasteiger partial charge in [-0.15, -0.1) is 0 Å². The van der Waals surface area contributed by atoms with E-state index in [1.807, 2.05) is 0 Å². The van der Waals surface area contributed by atoms with E-state index in [1.54, 1.807) is 18.2 Å². The molecule has 2 N–H and O–H groups in total. The van der Waals surface area contributed by atoms with Crippen LogP contribution in [0.5, 0.6) is 0 Å². The molecule has 1 aliphatic heterocycles. The van der Waals surface area contributed by atoms with Gasteiger partial charge in [0.15, 0.2) is 17.3 Å². The zero-order valence-corrected chi connectivity index (χ0v) is 12.3. The first-order valence-corrected chi connectivity index (χ1v) is 7.73. The number of rotatable bonds is 2. The lowest BCUT2D eigenvalue weighted by atomic mass is 10.1. The summed E-state index contributed by atoms with van der Waals surface area (Å²) in [5.74, 6) is -1.04. The molecule has 8 heteroatoms. The molecule has 3 rings (SSSR count). The van der Waals surface area contributed by atoms with Crippen LogP contribution in [0.4, 0.5) is 5.88 Å². The Labute approximate surface area is 126 Å². The quantitative estimate of drug-likeness (QED) is 0.878. The van der Waals surface area contributed by atoms with Crippen molar-refractivity contribution in [3.05, 3.63) is 53.9 Å². The van der Waals surface area contributed by atoms with Gasteiger partial charge >= 0.3 is 0 Å². The largest absolute Gasteiger partial charge is 0.505 e. The number of nitrogens with zero attached hydrogens (tertiary/aromatic N) is 1. The predicted molar refractivity (Wildman–Crippen MR) is 78.3 cm³/mol. The highest BCUT2D eigenvalue weighted by Crippen LogP contribution is 2.34. The molecule has 0 bridgehead atoms. The number of sulfonamides is 1. The second-order valence-electron chi connectivity index (χ2n) is 4.60. The van der Waals surface area contributed by atoms with Crippen LogP contribution in [0.2, 0.25) is 0 Å². The van der Waals surface area contributed by atoms with Gasteiger partial charge in [-0.1, -0.05) is 12.1 Å². The normalized spacial score (nSPS) is 16.3. The summed E-state index contributed by atoms with van der Waals surface area (Å²) in [6, 6.07) is 9.01. The Hall–Kier alpha value is -2.74. The van der Waals surface area contributed by atoms with Crippen LogP contribution >= 0.6 is 0 Å². The third-order valence-electron chi connectivity index (χ3n) is 3.29. The minimum Gasteiger partial charge on any atom is -0.505 e. The zero-order chi connectivity index (χ0) is 15.9. The molecule has 2 aromatic rings. The minimum atomic E-state index is -3.90. The van der Waals surface area contributed by atoms with Crippen molar-refractivity contribution in [2.45, 2.75) is 4.90 Å². The molecular formula is C14H12N2O5S. The van der Waals surface area contributed by atoms with Crippen molar-refractivity contribution in [3.8, 4) is 0 Å². The highest BCUT2D eigenvalue weighted by molar-refractivity contribution is 7.89. The van der Waals surface area contributed by atoms with Crippen LogP contribution in [-0.2, 0) is 14.8 Å². The number of carbonyl (C=O) groups excluding carboxylic acids is 1. The van der Waals surface area contributed by atoms with E-state index in [0.29, 0.717) is 0 Å². The number of carbonyl (C=O) groups is 1. The molecule has 0 saturated carbocycles. The SMILES string of the molecule is CN1C(C(=O)Nc2ccco2)=C(O)c2ccccc2S1(=O)=O. The smallest absolute Gasteiger partial charge is 0.279 e. The summed E-state index contributed by atoms with van der Waals surface area (Å²) in [4.78, 5) is 12.2. The van der Waals surface area contributed by atoms with Gasteiger partial charge in [0.25, 0.3) is 15.9 Å². The minimum absolute atomic E-state index is 0.0513. The van der Waals surface area contributed by atoms with Crippen LogP contribution in [-0.4, -0.2) is 30.8 Å².